The van der Waals surface area contributed by atoms with Crippen LogP contribution in [-0.2, 0) is 6.54 Å². The third-order valence-electron chi connectivity index (χ3n) is 3.17. The number of aromatic nitrogens is 1. The second-order valence-electron chi connectivity index (χ2n) is 4.59. The summed E-state index contributed by atoms with van der Waals surface area (Å²) in [5.74, 6) is 0. The lowest BCUT2D eigenvalue weighted by Crippen LogP contribution is -2.01. The summed E-state index contributed by atoms with van der Waals surface area (Å²) in [7, 11) is 0. The number of hydrogen-bond acceptors (Lipinski definition) is 3. The van der Waals surface area contributed by atoms with Crippen molar-refractivity contribution in [3.05, 3.63) is 65.3 Å². The molecule has 1 aromatic heterocycles. The minimum absolute atomic E-state index is 0.689. The molecule has 20 heavy (non-hydrogen) atoms. The van der Waals surface area contributed by atoms with Gasteiger partial charge in [0.25, 0.3) is 0 Å². The zero-order valence-corrected chi connectivity index (χ0v) is 11.6. The van der Waals surface area contributed by atoms with Gasteiger partial charge in [-0.1, -0.05) is 35.9 Å². The average Bonchev–Trinajstić information content (AvgIpc) is 2.46. The Morgan fingerprint density at radius 2 is 1.95 bits per heavy atom. The van der Waals surface area contributed by atoms with Gasteiger partial charge in [0.05, 0.1) is 11.2 Å². The van der Waals surface area contributed by atoms with Crippen LogP contribution in [0.15, 0.2) is 54.7 Å². The van der Waals surface area contributed by atoms with E-state index in [1.807, 2.05) is 48.5 Å². The molecule has 3 rings (SSSR count). The van der Waals surface area contributed by atoms with Crippen molar-refractivity contribution in [2.45, 2.75) is 6.54 Å². The number of nitrogen functional groups attached to an aromatic ring is 1. The van der Waals surface area contributed by atoms with Crippen molar-refractivity contribution in [1.82, 2.24) is 4.98 Å². The fraction of sp³-hybridized carbons (Fsp3) is 0.0625. The Kier molecular flexibility index (Phi) is 3.44. The Morgan fingerprint density at radius 3 is 2.80 bits per heavy atom. The Morgan fingerprint density at radius 1 is 1.10 bits per heavy atom. The minimum Gasteiger partial charge on any atom is -0.397 e. The molecule has 0 saturated heterocycles. The molecule has 0 amide bonds. The molecule has 0 saturated carbocycles. The van der Waals surface area contributed by atoms with Crippen LogP contribution in [0.3, 0.4) is 0 Å². The standard InChI is InChI=1S/C16H14ClN3/c17-12-4-1-3-11(9-12)10-20-15-7-8-19-16-13(15)5-2-6-14(16)18/h1-9H,10,18H2,(H,19,20). The van der Waals surface area contributed by atoms with E-state index in [-0.39, 0.29) is 0 Å². The molecule has 0 unspecified atom stereocenters. The lowest BCUT2D eigenvalue weighted by Gasteiger charge is -2.10. The first-order chi connectivity index (χ1) is 9.74. The summed E-state index contributed by atoms with van der Waals surface area (Å²) in [4.78, 5) is 4.32. The van der Waals surface area contributed by atoms with Crippen molar-refractivity contribution in [1.29, 1.82) is 0 Å². The zero-order chi connectivity index (χ0) is 13.9. The SMILES string of the molecule is Nc1cccc2c(NCc3cccc(Cl)c3)ccnc12. The molecule has 0 aliphatic carbocycles. The van der Waals surface area contributed by atoms with Gasteiger partial charge in [0.2, 0.25) is 0 Å². The Hall–Kier alpha value is -2.26. The number of halogens is 1. The summed E-state index contributed by atoms with van der Waals surface area (Å²) < 4.78 is 0. The molecule has 3 aromatic rings. The van der Waals surface area contributed by atoms with Gasteiger partial charge >= 0.3 is 0 Å². The van der Waals surface area contributed by atoms with E-state index in [0.29, 0.717) is 12.2 Å². The summed E-state index contributed by atoms with van der Waals surface area (Å²) in [5, 5.41) is 5.17. The normalized spacial score (nSPS) is 10.7. The van der Waals surface area contributed by atoms with E-state index in [1.165, 1.54) is 0 Å². The van der Waals surface area contributed by atoms with Gasteiger partial charge in [0.15, 0.2) is 0 Å². The van der Waals surface area contributed by atoms with E-state index in [9.17, 15) is 0 Å². The number of rotatable bonds is 3. The quantitative estimate of drug-likeness (QED) is 0.712. The van der Waals surface area contributed by atoms with E-state index in [4.69, 9.17) is 17.3 Å². The maximum Gasteiger partial charge on any atom is 0.0951 e. The summed E-state index contributed by atoms with van der Waals surface area (Å²) in [6.45, 7) is 0.703. The number of fused-ring (bicyclic) bond motifs is 1. The summed E-state index contributed by atoms with van der Waals surface area (Å²) >= 11 is 5.99. The van der Waals surface area contributed by atoms with Crippen molar-refractivity contribution < 1.29 is 0 Å². The van der Waals surface area contributed by atoms with E-state index < -0.39 is 0 Å². The predicted molar refractivity (Wildman–Crippen MR) is 84.9 cm³/mol. The number of hydrogen-bond donors (Lipinski definition) is 2. The lowest BCUT2D eigenvalue weighted by atomic mass is 10.1. The molecule has 0 aliphatic rings. The van der Waals surface area contributed by atoms with Crippen LogP contribution in [0.25, 0.3) is 10.9 Å². The van der Waals surface area contributed by atoms with Crippen molar-refractivity contribution >= 4 is 33.9 Å². The molecule has 1 heterocycles. The first-order valence-electron chi connectivity index (χ1n) is 6.35. The molecule has 2 aromatic carbocycles. The number of anilines is 2. The van der Waals surface area contributed by atoms with Crippen LogP contribution in [0.1, 0.15) is 5.56 Å². The van der Waals surface area contributed by atoms with Crippen molar-refractivity contribution in [2.24, 2.45) is 0 Å². The number of benzene rings is 2. The first kappa shape index (κ1) is 12.8. The third-order valence-corrected chi connectivity index (χ3v) is 3.41. The van der Waals surface area contributed by atoms with E-state index >= 15 is 0 Å². The highest BCUT2D eigenvalue weighted by molar-refractivity contribution is 6.30. The van der Waals surface area contributed by atoms with Gasteiger partial charge in [0.1, 0.15) is 0 Å². The van der Waals surface area contributed by atoms with Gasteiger partial charge in [-0.2, -0.15) is 0 Å². The maximum atomic E-state index is 5.99. The summed E-state index contributed by atoms with van der Waals surface area (Å²) in [6.07, 6.45) is 1.76. The molecule has 3 nitrogen and oxygen atoms in total. The van der Waals surface area contributed by atoms with Gasteiger partial charge < -0.3 is 11.1 Å². The van der Waals surface area contributed by atoms with Crippen molar-refractivity contribution in [2.75, 3.05) is 11.1 Å². The molecule has 0 bridgehead atoms. The zero-order valence-electron chi connectivity index (χ0n) is 10.8. The molecular formula is C16H14ClN3. The molecular weight excluding hydrogens is 270 g/mol. The fourth-order valence-corrected chi connectivity index (χ4v) is 2.41. The monoisotopic (exact) mass is 283 g/mol. The highest BCUT2D eigenvalue weighted by Gasteiger charge is 2.04. The number of para-hydroxylation sites is 1. The van der Waals surface area contributed by atoms with Gasteiger partial charge in [-0.05, 0) is 29.8 Å². The van der Waals surface area contributed by atoms with Crippen molar-refractivity contribution in [3.8, 4) is 0 Å². The molecule has 0 atom stereocenters. The maximum absolute atomic E-state index is 5.99. The number of nitrogens with zero attached hydrogens (tertiary/aromatic N) is 1. The molecule has 3 N–H and O–H groups in total. The topological polar surface area (TPSA) is 50.9 Å². The predicted octanol–water partition coefficient (Wildman–Crippen LogP) is 4.08. The molecule has 100 valence electrons. The highest BCUT2D eigenvalue weighted by Crippen LogP contribution is 2.25. The van der Waals surface area contributed by atoms with Crippen LogP contribution in [0.2, 0.25) is 5.02 Å². The average molecular weight is 284 g/mol. The molecule has 0 aliphatic heterocycles. The van der Waals surface area contributed by atoms with E-state index in [2.05, 4.69) is 10.3 Å². The van der Waals surface area contributed by atoms with Crippen molar-refractivity contribution in [3.63, 3.8) is 0 Å². The largest absolute Gasteiger partial charge is 0.397 e. The summed E-state index contributed by atoms with van der Waals surface area (Å²) in [5.41, 5.74) is 9.60. The fourth-order valence-electron chi connectivity index (χ4n) is 2.20. The minimum atomic E-state index is 0.689. The Bertz CT molecular complexity index is 756. The Balaban J connectivity index is 1.90. The number of nitrogens with one attached hydrogen (secondary N) is 1. The van der Waals surface area contributed by atoms with Crippen LogP contribution in [-0.4, -0.2) is 4.98 Å². The van der Waals surface area contributed by atoms with Crippen LogP contribution >= 0.6 is 11.6 Å². The molecule has 4 heteroatoms. The van der Waals surface area contributed by atoms with Crippen LogP contribution < -0.4 is 11.1 Å². The lowest BCUT2D eigenvalue weighted by molar-refractivity contribution is 1.15. The molecule has 0 radical (unpaired) electrons. The van der Waals surface area contributed by atoms with Crippen LogP contribution in [0, 0.1) is 0 Å². The van der Waals surface area contributed by atoms with Gasteiger partial charge in [0, 0.05) is 28.8 Å². The number of nitrogens with two attached hydrogens (primary N) is 1. The number of pyridine rings is 1. The second kappa shape index (κ2) is 5.39. The van der Waals surface area contributed by atoms with Gasteiger partial charge in [-0.3, -0.25) is 4.98 Å². The van der Waals surface area contributed by atoms with Crippen LogP contribution in [0.4, 0.5) is 11.4 Å². The van der Waals surface area contributed by atoms with Gasteiger partial charge in [-0.25, -0.2) is 0 Å². The highest BCUT2D eigenvalue weighted by atomic mass is 35.5. The van der Waals surface area contributed by atoms with Gasteiger partial charge in [-0.15, -0.1) is 0 Å². The van der Waals surface area contributed by atoms with E-state index in [0.717, 1.165) is 27.2 Å². The first-order valence-corrected chi connectivity index (χ1v) is 6.73. The third kappa shape index (κ3) is 2.53. The second-order valence-corrected chi connectivity index (χ2v) is 5.02. The summed E-state index contributed by atoms with van der Waals surface area (Å²) in [6, 6.07) is 15.6. The Labute approximate surface area is 122 Å². The van der Waals surface area contributed by atoms with Crippen LogP contribution in [0.5, 0.6) is 0 Å². The molecule has 0 fully saturated rings. The smallest absolute Gasteiger partial charge is 0.0951 e. The van der Waals surface area contributed by atoms with E-state index in [1.54, 1.807) is 6.20 Å². The molecule has 0 spiro atoms.